The third-order valence-corrected chi connectivity index (χ3v) is 4.18. The number of amides is 1. The van der Waals surface area contributed by atoms with Crippen molar-refractivity contribution in [3.8, 4) is 11.8 Å². The van der Waals surface area contributed by atoms with Crippen LogP contribution in [0.15, 0.2) is 23.1 Å². The Balaban J connectivity index is 2.89. The first-order chi connectivity index (χ1) is 9.86. The Labute approximate surface area is 124 Å². The maximum Gasteiger partial charge on any atom is 0.240 e. The molecule has 0 radical (unpaired) electrons. The third-order valence-electron chi connectivity index (χ3n) is 2.58. The number of carbonyl (C=O) groups is 1. The van der Waals surface area contributed by atoms with Gasteiger partial charge < -0.3 is 10.4 Å². The van der Waals surface area contributed by atoms with Gasteiger partial charge >= 0.3 is 0 Å². The number of rotatable bonds is 5. The Morgan fingerprint density at radius 1 is 1.33 bits per heavy atom. The molecular formula is C14H18N2O4S. The summed E-state index contributed by atoms with van der Waals surface area (Å²) in [5.74, 6) is 4.92. The molecule has 114 valence electrons. The van der Waals surface area contributed by atoms with Crippen LogP contribution < -0.4 is 10.0 Å². The van der Waals surface area contributed by atoms with Crippen LogP contribution in [0.5, 0.6) is 0 Å². The molecule has 21 heavy (non-hydrogen) atoms. The van der Waals surface area contributed by atoms with Crippen LogP contribution in [0, 0.1) is 18.8 Å². The highest BCUT2D eigenvalue weighted by Crippen LogP contribution is 2.16. The molecule has 1 amide bonds. The molecule has 0 unspecified atom stereocenters. The lowest BCUT2D eigenvalue weighted by atomic mass is 10.1. The van der Waals surface area contributed by atoms with E-state index in [1.54, 1.807) is 19.1 Å². The summed E-state index contributed by atoms with van der Waals surface area (Å²) in [5, 5.41) is 11.2. The molecule has 6 nitrogen and oxygen atoms in total. The van der Waals surface area contributed by atoms with Crippen LogP contribution in [0.2, 0.25) is 0 Å². The van der Waals surface area contributed by atoms with Gasteiger partial charge in [0.1, 0.15) is 6.61 Å². The van der Waals surface area contributed by atoms with E-state index in [0.29, 0.717) is 11.1 Å². The number of hydrogen-bond donors (Lipinski definition) is 3. The van der Waals surface area contributed by atoms with Gasteiger partial charge in [0.15, 0.2) is 0 Å². The van der Waals surface area contributed by atoms with E-state index in [4.69, 9.17) is 5.11 Å². The molecule has 0 saturated carbocycles. The Morgan fingerprint density at radius 3 is 2.67 bits per heavy atom. The topological polar surface area (TPSA) is 95.5 Å². The number of carbonyl (C=O) groups excluding carboxylic acids is 1. The highest BCUT2D eigenvalue weighted by Gasteiger charge is 2.16. The van der Waals surface area contributed by atoms with E-state index in [1.165, 1.54) is 13.0 Å². The standard InChI is InChI=1S/C14H18N2O4S/c1-11-5-6-13(4-3-9-17)10-14(11)21(19,20)16-8-7-15-12(2)18/h5-6,10,16-17H,7-9H2,1-2H3,(H,15,18). The average Bonchev–Trinajstić information content (AvgIpc) is 2.42. The molecule has 0 bridgehead atoms. The minimum absolute atomic E-state index is 0.105. The molecule has 0 saturated heterocycles. The van der Waals surface area contributed by atoms with E-state index in [9.17, 15) is 13.2 Å². The van der Waals surface area contributed by atoms with Crippen LogP contribution in [-0.2, 0) is 14.8 Å². The minimum atomic E-state index is -3.67. The highest BCUT2D eigenvalue weighted by atomic mass is 32.2. The second-order valence-electron chi connectivity index (χ2n) is 4.32. The number of benzene rings is 1. The number of aryl methyl sites for hydroxylation is 1. The second-order valence-corrected chi connectivity index (χ2v) is 6.06. The van der Waals surface area contributed by atoms with E-state index >= 15 is 0 Å². The lowest BCUT2D eigenvalue weighted by Crippen LogP contribution is -2.33. The van der Waals surface area contributed by atoms with Gasteiger partial charge in [-0.25, -0.2) is 13.1 Å². The van der Waals surface area contributed by atoms with Crippen LogP contribution in [0.25, 0.3) is 0 Å². The molecule has 0 spiro atoms. The summed E-state index contributed by atoms with van der Waals surface area (Å²) in [4.78, 5) is 10.8. The Kier molecular flexibility index (Phi) is 6.37. The predicted molar refractivity (Wildman–Crippen MR) is 79.0 cm³/mol. The van der Waals surface area contributed by atoms with Crippen LogP contribution in [-0.4, -0.2) is 39.1 Å². The first-order valence-electron chi connectivity index (χ1n) is 6.31. The van der Waals surface area contributed by atoms with Gasteiger partial charge in [0, 0.05) is 25.6 Å². The van der Waals surface area contributed by atoms with Crippen molar-refractivity contribution in [3.63, 3.8) is 0 Å². The van der Waals surface area contributed by atoms with Gasteiger partial charge in [-0.3, -0.25) is 4.79 Å². The monoisotopic (exact) mass is 310 g/mol. The minimum Gasteiger partial charge on any atom is -0.384 e. The Bertz CT molecular complexity index is 672. The number of nitrogens with one attached hydrogen (secondary N) is 2. The molecule has 0 aliphatic heterocycles. The summed E-state index contributed by atoms with van der Waals surface area (Å²) in [5.41, 5.74) is 1.11. The summed E-state index contributed by atoms with van der Waals surface area (Å²) in [6, 6.07) is 4.80. The van der Waals surface area contributed by atoms with Gasteiger partial charge in [-0.05, 0) is 24.6 Å². The Hall–Kier alpha value is -1.88. The fourth-order valence-corrected chi connectivity index (χ4v) is 2.91. The summed E-state index contributed by atoms with van der Waals surface area (Å²) >= 11 is 0. The van der Waals surface area contributed by atoms with Crippen LogP contribution in [0.3, 0.4) is 0 Å². The Morgan fingerprint density at radius 2 is 2.05 bits per heavy atom. The second kappa shape index (κ2) is 7.78. The van der Waals surface area contributed by atoms with Crippen molar-refractivity contribution in [3.05, 3.63) is 29.3 Å². The molecule has 7 heteroatoms. The predicted octanol–water partition coefficient (Wildman–Crippen LogP) is -0.247. The molecule has 1 rings (SSSR count). The van der Waals surface area contributed by atoms with E-state index in [-0.39, 0.29) is 30.5 Å². The van der Waals surface area contributed by atoms with Crippen LogP contribution >= 0.6 is 0 Å². The van der Waals surface area contributed by atoms with Gasteiger partial charge in [-0.1, -0.05) is 17.9 Å². The lowest BCUT2D eigenvalue weighted by Gasteiger charge is -2.10. The average molecular weight is 310 g/mol. The smallest absolute Gasteiger partial charge is 0.240 e. The fourth-order valence-electron chi connectivity index (χ4n) is 1.61. The normalized spacial score (nSPS) is 10.6. The maximum atomic E-state index is 12.2. The summed E-state index contributed by atoms with van der Waals surface area (Å²) < 4.78 is 26.8. The molecule has 0 aliphatic rings. The van der Waals surface area contributed by atoms with Gasteiger partial charge in [-0.2, -0.15) is 0 Å². The maximum absolute atomic E-state index is 12.2. The fraction of sp³-hybridized carbons (Fsp3) is 0.357. The van der Waals surface area contributed by atoms with E-state index in [1.807, 2.05) is 0 Å². The molecule has 0 atom stereocenters. The van der Waals surface area contributed by atoms with Crippen LogP contribution in [0.1, 0.15) is 18.1 Å². The van der Waals surface area contributed by atoms with Gasteiger partial charge in [0.05, 0.1) is 4.90 Å². The molecule has 0 aliphatic carbocycles. The first kappa shape index (κ1) is 17.2. The molecule has 1 aromatic carbocycles. The first-order valence-corrected chi connectivity index (χ1v) is 7.79. The SMILES string of the molecule is CC(=O)NCCNS(=O)(=O)c1cc(C#CCO)ccc1C. The lowest BCUT2D eigenvalue weighted by molar-refractivity contribution is -0.118. The highest BCUT2D eigenvalue weighted by molar-refractivity contribution is 7.89. The molecule has 0 heterocycles. The van der Waals surface area contributed by atoms with Gasteiger partial charge in [0.25, 0.3) is 0 Å². The van der Waals surface area contributed by atoms with Crippen molar-refractivity contribution < 1.29 is 18.3 Å². The molecular weight excluding hydrogens is 292 g/mol. The molecule has 1 aromatic rings. The molecule has 3 N–H and O–H groups in total. The van der Waals surface area contributed by atoms with E-state index in [0.717, 1.165) is 0 Å². The van der Waals surface area contributed by atoms with E-state index < -0.39 is 10.0 Å². The van der Waals surface area contributed by atoms with Crippen molar-refractivity contribution >= 4 is 15.9 Å². The van der Waals surface area contributed by atoms with Crippen molar-refractivity contribution in [2.75, 3.05) is 19.7 Å². The molecule has 0 aromatic heterocycles. The van der Waals surface area contributed by atoms with Gasteiger partial charge in [0.2, 0.25) is 15.9 Å². The zero-order valence-electron chi connectivity index (χ0n) is 11.9. The summed E-state index contributed by atoms with van der Waals surface area (Å²) in [6.07, 6.45) is 0. The molecule has 0 fully saturated rings. The quantitative estimate of drug-likeness (QED) is 0.516. The van der Waals surface area contributed by atoms with Crippen LogP contribution in [0.4, 0.5) is 0 Å². The zero-order valence-corrected chi connectivity index (χ0v) is 12.8. The van der Waals surface area contributed by atoms with Crippen molar-refractivity contribution in [1.29, 1.82) is 0 Å². The van der Waals surface area contributed by atoms with Crippen molar-refractivity contribution in [2.45, 2.75) is 18.7 Å². The number of aliphatic hydroxyl groups is 1. The third kappa shape index (κ3) is 5.55. The van der Waals surface area contributed by atoms with E-state index in [2.05, 4.69) is 21.9 Å². The van der Waals surface area contributed by atoms with Gasteiger partial charge in [-0.15, -0.1) is 0 Å². The zero-order chi connectivity index (χ0) is 15.9. The number of aliphatic hydroxyl groups excluding tert-OH is 1. The summed E-state index contributed by atoms with van der Waals surface area (Å²) in [7, 11) is -3.67. The summed E-state index contributed by atoms with van der Waals surface area (Å²) in [6.45, 7) is 3.09. The number of hydrogen-bond acceptors (Lipinski definition) is 4. The van der Waals surface area contributed by atoms with Crippen molar-refractivity contribution in [2.24, 2.45) is 0 Å². The largest absolute Gasteiger partial charge is 0.384 e. The van der Waals surface area contributed by atoms with Crippen molar-refractivity contribution in [1.82, 2.24) is 10.0 Å². The number of sulfonamides is 1.